The van der Waals surface area contributed by atoms with Gasteiger partial charge in [0.05, 0.1) is 6.33 Å². The molecule has 0 radical (unpaired) electrons. The van der Waals surface area contributed by atoms with E-state index in [0.29, 0.717) is 26.1 Å². The SMILES string of the molecule is O=C(CCNC(=O)C12CC3CC(CC(C3)C1)C2)NCCn1ccnc1. The van der Waals surface area contributed by atoms with E-state index in [9.17, 15) is 9.59 Å². The third-order valence-corrected chi connectivity index (χ3v) is 6.41. The highest BCUT2D eigenvalue weighted by molar-refractivity contribution is 5.84. The first-order chi connectivity index (χ1) is 12.1. The van der Waals surface area contributed by atoms with Gasteiger partial charge in [0.2, 0.25) is 11.8 Å². The van der Waals surface area contributed by atoms with Crippen molar-refractivity contribution in [2.24, 2.45) is 23.2 Å². The van der Waals surface area contributed by atoms with Gasteiger partial charge in [0.1, 0.15) is 0 Å². The second-order valence-corrected chi connectivity index (χ2v) is 8.35. The lowest BCUT2D eigenvalue weighted by Gasteiger charge is -2.55. The molecule has 4 aliphatic carbocycles. The molecule has 4 fully saturated rings. The maximum Gasteiger partial charge on any atom is 0.226 e. The Morgan fingerprint density at radius 1 is 1.04 bits per heavy atom. The maximum absolute atomic E-state index is 12.8. The van der Waals surface area contributed by atoms with Gasteiger partial charge in [0, 0.05) is 43.9 Å². The zero-order valence-electron chi connectivity index (χ0n) is 14.7. The highest BCUT2D eigenvalue weighted by Gasteiger charge is 2.54. The summed E-state index contributed by atoms with van der Waals surface area (Å²) < 4.78 is 1.93. The summed E-state index contributed by atoms with van der Waals surface area (Å²) in [7, 11) is 0. The van der Waals surface area contributed by atoms with E-state index in [1.807, 2.05) is 10.8 Å². The lowest BCUT2D eigenvalue weighted by Crippen LogP contribution is -2.53. The number of nitrogens with one attached hydrogen (secondary N) is 2. The molecule has 0 saturated heterocycles. The van der Waals surface area contributed by atoms with Crippen LogP contribution in [0.5, 0.6) is 0 Å². The van der Waals surface area contributed by atoms with Crippen LogP contribution in [-0.4, -0.2) is 34.5 Å². The van der Waals surface area contributed by atoms with Crippen LogP contribution in [-0.2, 0) is 16.1 Å². The molecular weight excluding hydrogens is 316 g/mol. The first-order valence-corrected chi connectivity index (χ1v) is 9.64. The van der Waals surface area contributed by atoms with Crippen molar-refractivity contribution in [3.8, 4) is 0 Å². The van der Waals surface area contributed by atoms with Crippen LogP contribution in [0, 0.1) is 23.2 Å². The van der Waals surface area contributed by atoms with Crippen LogP contribution in [0.25, 0.3) is 0 Å². The molecule has 2 amide bonds. The second-order valence-electron chi connectivity index (χ2n) is 8.35. The minimum Gasteiger partial charge on any atom is -0.355 e. The molecule has 4 bridgehead atoms. The highest BCUT2D eigenvalue weighted by Crippen LogP contribution is 2.60. The molecule has 25 heavy (non-hydrogen) atoms. The van der Waals surface area contributed by atoms with E-state index in [1.165, 1.54) is 19.3 Å². The largest absolute Gasteiger partial charge is 0.355 e. The molecule has 1 aromatic rings. The van der Waals surface area contributed by atoms with Crippen molar-refractivity contribution >= 4 is 11.8 Å². The van der Waals surface area contributed by atoms with Crippen molar-refractivity contribution < 1.29 is 9.59 Å². The third-order valence-electron chi connectivity index (χ3n) is 6.41. The fourth-order valence-electron chi connectivity index (χ4n) is 5.70. The van der Waals surface area contributed by atoms with Gasteiger partial charge in [-0.15, -0.1) is 0 Å². The van der Waals surface area contributed by atoms with E-state index in [0.717, 1.165) is 37.0 Å². The van der Waals surface area contributed by atoms with E-state index in [-0.39, 0.29) is 17.2 Å². The van der Waals surface area contributed by atoms with E-state index in [1.54, 1.807) is 12.5 Å². The van der Waals surface area contributed by atoms with E-state index in [2.05, 4.69) is 15.6 Å². The van der Waals surface area contributed by atoms with Gasteiger partial charge in [0.25, 0.3) is 0 Å². The van der Waals surface area contributed by atoms with Crippen LogP contribution < -0.4 is 10.6 Å². The number of aromatic nitrogens is 2. The molecule has 0 aliphatic heterocycles. The number of nitrogens with zero attached hydrogens (tertiary/aromatic N) is 2. The molecule has 0 atom stereocenters. The average molecular weight is 344 g/mol. The molecule has 1 aromatic heterocycles. The topological polar surface area (TPSA) is 76.0 Å². The number of hydrogen-bond donors (Lipinski definition) is 2. The molecule has 1 heterocycles. The maximum atomic E-state index is 12.8. The Morgan fingerprint density at radius 2 is 1.72 bits per heavy atom. The van der Waals surface area contributed by atoms with Gasteiger partial charge in [-0.2, -0.15) is 0 Å². The van der Waals surface area contributed by atoms with Gasteiger partial charge in [-0.3, -0.25) is 9.59 Å². The Bertz CT molecular complexity index is 590. The smallest absolute Gasteiger partial charge is 0.226 e. The minimum absolute atomic E-state index is 0.00840. The van der Waals surface area contributed by atoms with E-state index in [4.69, 9.17) is 0 Å². The minimum atomic E-state index is -0.118. The first-order valence-electron chi connectivity index (χ1n) is 9.64. The van der Waals surface area contributed by atoms with Crippen molar-refractivity contribution in [3.05, 3.63) is 18.7 Å². The predicted molar refractivity (Wildman–Crippen MR) is 93.5 cm³/mol. The van der Waals surface area contributed by atoms with Crippen LogP contribution in [0.4, 0.5) is 0 Å². The molecular formula is C19H28N4O2. The van der Waals surface area contributed by atoms with Gasteiger partial charge >= 0.3 is 0 Å². The zero-order valence-corrected chi connectivity index (χ0v) is 14.7. The van der Waals surface area contributed by atoms with Crippen LogP contribution in [0.3, 0.4) is 0 Å². The fourth-order valence-corrected chi connectivity index (χ4v) is 5.70. The summed E-state index contributed by atoms with van der Waals surface area (Å²) in [6.45, 7) is 1.74. The molecule has 6 nitrogen and oxygen atoms in total. The highest BCUT2D eigenvalue weighted by atomic mass is 16.2. The van der Waals surface area contributed by atoms with Crippen molar-refractivity contribution in [2.45, 2.75) is 51.5 Å². The first kappa shape index (κ1) is 16.6. The summed E-state index contributed by atoms with van der Waals surface area (Å²) in [6.07, 6.45) is 12.9. The Kier molecular flexibility index (Phi) is 4.52. The van der Waals surface area contributed by atoms with Gasteiger partial charge < -0.3 is 15.2 Å². The monoisotopic (exact) mass is 344 g/mol. The lowest BCUT2D eigenvalue weighted by molar-refractivity contribution is -0.146. The summed E-state index contributed by atoms with van der Waals surface area (Å²) >= 11 is 0. The normalized spacial score (nSPS) is 32.6. The molecule has 2 N–H and O–H groups in total. The molecule has 0 unspecified atom stereocenters. The fraction of sp³-hybridized carbons (Fsp3) is 0.737. The van der Waals surface area contributed by atoms with Crippen molar-refractivity contribution in [1.82, 2.24) is 20.2 Å². The van der Waals surface area contributed by atoms with Crippen LogP contribution >= 0.6 is 0 Å². The third kappa shape index (κ3) is 3.58. The number of rotatable bonds is 7. The van der Waals surface area contributed by atoms with E-state index < -0.39 is 0 Å². The van der Waals surface area contributed by atoms with Gasteiger partial charge in [-0.05, 0) is 56.3 Å². The second kappa shape index (κ2) is 6.81. The summed E-state index contributed by atoms with van der Waals surface area (Å²) in [6, 6.07) is 0. The lowest BCUT2D eigenvalue weighted by atomic mass is 9.49. The molecule has 4 saturated carbocycles. The zero-order chi connectivity index (χ0) is 17.3. The molecule has 0 spiro atoms. The van der Waals surface area contributed by atoms with Crippen molar-refractivity contribution in [3.63, 3.8) is 0 Å². The Hall–Kier alpha value is -1.85. The number of carbonyl (C=O) groups excluding carboxylic acids is 2. The van der Waals surface area contributed by atoms with Crippen molar-refractivity contribution in [2.75, 3.05) is 13.1 Å². The molecule has 0 aromatic carbocycles. The number of amides is 2. The Balaban J connectivity index is 1.18. The summed E-state index contributed by atoms with van der Waals surface area (Å²) in [4.78, 5) is 28.7. The number of hydrogen-bond acceptors (Lipinski definition) is 3. The summed E-state index contributed by atoms with van der Waals surface area (Å²) in [5.41, 5.74) is -0.118. The Labute approximate surface area is 148 Å². The van der Waals surface area contributed by atoms with Gasteiger partial charge in [-0.25, -0.2) is 4.98 Å². The Morgan fingerprint density at radius 3 is 2.32 bits per heavy atom. The standard InChI is InChI=1S/C19H28N4O2/c24-17(21-4-6-23-5-3-20-13-23)1-2-22-18(25)19-10-14-7-15(11-19)9-16(8-14)12-19/h3,5,13-16H,1-2,4,6-12H2,(H,21,24)(H,22,25). The van der Waals surface area contributed by atoms with Crippen LogP contribution in [0.2, 0.25) is 0 Å². The van der Waals surface area contributed by atoms with Crippen LogP contribution in [0.15, 0.2) is 18.7 Å². The average Bonchev–Trinajstić information content (AvgIpc) is 3.07. The predicted octanol–water partition coefficient (Wildman–Crippen LogP) is 1.72. The van der Waals surface area contributed by atoms with Gasteiger partial charge in [-0.1, -0.05) is 0 Å². The molecule has 6 heteroatoms. The molecule has 5 rings (SSSR count). The number of carbonyl (C=O) groups is 2. The van der Waals surface area contributed by atoms with Crippen molar-refractivity contribution in [1.29, 1.82) is 0 Å². The number of imidazole rings is 1. The van der Waals surface area contributed by atoms with Crippen LogP contribution in [0.1, 0.15) is 44.9 Å². The summed E-state index contributed by atoms with van der Waals surface area (Å²) in [5, 5.41) is 5.95. The quantitative estimate of drug-likeness (QED) is 0.791. The molecule has 136 valence electrons. The van der Waals surface area contributed by atoms with E-state index >= 15 is 0 Å². The summed E-state index contributed by atoms with van der Waals surface area (Å²) in [5.74, 6) is 2.50. The van der Waals surface area contributed by atoms with Gasteiger partial charge in [0.15, 0.2) is 0 Å². The molecule has 4 aliphatic rings.